The third-order valence-electron chi connectivity index (χ3n) is 4.71. The van der Waals surface area contributed by atoms with E-state index in [-0.39, 0.29) is 30.3 Å². The molecule has 28 heavy (non-hydrogen) atoms. The van der Waals surface area contributed by atoms with Gasteiger partial charge in [-0.2, -0.15) is 0 Å². The SMILES string of the molecule is CCCCOC(=O)c1ccc(NC(=O)CN2CCC(C(=O)OCC)CC2)cc1. The minimum atomic E-state index is -0.351. The van der Waals surface area contributed by atoms with E-state index >= 15 is 0 Å². The van der Waals surface area contributed by atoms with Gasteiger partial charge in [0.15, 0.2) is 0 Å². The Morgan fingerprint density at radius 3 is 2.36 bits per heavy atom. The molecule has 0 aromatic heterocycles. The Hall–Kier alpha value is -2.41. The van der Waals surface area contributed by atoms with Crippen LogP contribution in [-0.4, -0.2) is 55.6 Å². The van der Waals surface area contributed by atoms with Crippen LogP contribution in [-0.2, 0) is 19.1 Å². The number of likely N-dealkylation sites (tertiary alicyclic amines) is 1. The molecule has 7 nitrogen and oxygen atoms in total. The molecule has 0 bridgehead atoms. The monoisotopic (exact) mass is 390 g/mol. The third-order valence-corrected chi connectivity index (χ3v) is 4.71. The zero-order valence-electron chi connectivity index (χ0n) is 16.7. The molecular weight excluding hydrogens is 360 g/mol. The van der Waals surface area contributed by atoms with Gasteiger partial charge in [0.2, 0.25) is 5.91 Å². The molecule has 0 saturated carbocycles. The minimum Gasteiger partial charge on any atom is -0.466 e. The lowest BCUT2D eigenvalue weighted by atomic mass is 9.97. The lowest BCUT2D eigenvalue weighted by Crippen LogP contribution is -2.41. The number of amides is 1. The number of carbonyl (C=O) groups is 3. The quantitative estimate of drug-likeness (QED) is 0.516. The summed E-state index contributed by atoms with van der Waals surface area (Å²) >= 11 is 0. The summed E-state index contributed by atoms with van der Waals surface area (Å²) < 4.78 is 10.2. The molecule has 1 aromatic carbocycles. The van der Waals surface area contributed by atoms with Gasteiger partial charge in [-0.3, -0.25) is 14.5 Å². The van der Waals surface area contributed by atoms with E-state index in [1.54, 1.807) is 31.2 Å². The van der Waals surface area contributed by atoms with Gasteiger partial charge in [0.05, 0.1) is 31.2 Å². The number of hydrogen-bond acceptors (Lipinski definition) is 6. The summed E-state index contributed by atoms with van der Waals surface area (Å²) in [5.74, 6) is -0.674. The zero-order chi connectivity index (χ0) is 20.4. The molecule has 1 heterocycles. The van der Waals surface area contributed by atoms with Gasteiger partial charge in [-0.25, -0.2) is 4.79 Å². The maximum atomic E-state index is 12.3. The molecule has 0 aliphatic carbocycles. The maximum Gasteiger partial charge on any atom is 0.338 e. The summed E-state index contributed by atoms with van der Waals surface area (Å²) in [6, 6.07) is 6.69. The molecule has 0 spiro atoms. The summed E-state index contributed by atoms with van der Waals surface area (Å²) in [7, 11) is 0. The van der Waals surface area contributed by atoms with Gasteiger partial charge in [-0.15, -0.1) is 0 Å². The number of esters is 2. The van der Waals surface area contributed by atoms with Crippen molar-refractivity contribution >= 4 is 23.5 Å². The number of nitrogens with zero attached hydrogens (tertiary/aromatic N) is 1. The first-order valence-electron chi connectivity index (χ1n) is 9.99. The van der Waals surface area contributed by atoms with Crippen LogP contribution in [0.3, 0.4) is 0 Å². The Balaban J connectivity index is 1.74. The number of unbranched alkanes of at least 4 members (excludes halogenated alkanes) is 1. The van der Waals surface area contributed by atoms with Gasteiger partial charge >= 0.3 is 11.9 Å². The fourth-order valence-electron chi connectivity index (χ4n) is 3.07. The first-order valence-corrected chi connectivity index (χ1v) is 9.99. The van der Waals surface area contributed by atoms with E-state index in [0.717, 1.165) is 12.8 Å². The summed E-state index contributed by atoms with van der Waals surface area (Å²) in [4.78, 5) is 37.9. The predicted molar refractivity (Wildman–Crippen MR) is 106 cm³/mol. The Morgan fingerprint density at radius 2 is 1.75 bits per heavy atom. The average molecular weight is 390 g/mol. The molecule has 0 unspecified atom stereocenters. The second-order valence-corrected chi connectivity index (χ2v) is 6.92. The van der Waals surface area contributed by atoms with Gasteiger partial charge in [-0.05, 0) is 63.5 Å². The van der Waals surface area contributed by atoms with Crippen molar-refractivity contribution in [2.45, 2.75) is 39.5 Å². The highest BCUT2D eigenvalue weighted by molar-refractivity contribution is 5.94. The fourth-order valence-corrected chi connectivity index (χ4v) is 3.07. The predicted octanol–water partition coefficient (Wildman–Crippen LogP) is 2.86. The Kier molecular flexibility index (Phi) is 8.94. The van der Waals surface area contributed by atoms with E-state index < -0.39 is 0 Å². The summed E-state index contributed by atoms with van der Waals surface area (Å²) in [5, 5.41) is 2.84. The molecule has 1 amide bonds. The third kappa shape index (κ3) is 6.96. The highest BCUT2D eigenvalue weighted by Crippen LogP contribution is 2.19. The highest BCUT2D eigenvalue weighted by atomic mass is 16.5. The number of carbonyl (C=O) groups excluding carboxylic acids is 3. The molecule has 1 aliphatic rings. The Bertz CT molecular complexity index is 651. The highest BCUT2D eigenvalue weighted by Gasteiger charge is 2.26. The molecular formula is C21H30N2O5. The number of hydrogen-bond donors (Lipinski definition) is 1. The van der Waals surface area contributed by atoms with E-state index in [0.29, 0.717) is 50.4 Å². The lowest BCUT2D eigenvalue weighted by molar-refractivity contribution is -0.149. The van der Waals surface area contributed by atoms with Crippen LogP contribution in [0.2, 0.25) is 0 Å². The fraction of sp³-hybridized carbons (Fsp3) is 0.571. The van der Waals surface area contributed by atoms with Crippen molar-refractivity contribution in [2.75, 3.05) is 38.2 Å². The van der Waals surface area contributed by atoms with Crippen LogP contribution < -0.4 is 5.32 Å². The molecule has 0 atom stereocenters. The van der Waals surface area contributed by atoms with Crippen LogP contribution in [0.15, 0.2) is 24.3 Å². The van der Waals surface area contributed by atoms with Crippen molar-refractivity contribution in [3.63, 3.8) is 0 Å². The van der Waals surface area contributed by atoms with E-state index in [9.17, 15) is 14.4 Å². The van der Waals surface area contributed by atoms with Crippen LogP contribution in [0.1, 0.15) is 49.9 Å². The van der Waals surface area contributed by atoms with Crippen molar-refractivity contribution in [1.82, 2.24) is 4.90 Å². The second kappa shape index (κ2) is 11.4. The molecule has 154 valence electrons. The summed E-state index contributed by atoms with van der Waals surface area (Å²) in [6.45, 7) is 6.32. The number of piperidine rings is 1. The zero-order valence-corrected chi connectivity index (χ0v) is 16.7. The van der Waals surface area contributed by atoms with Crippen molar-refractivity contribution < 1.29 is 23.9 Å². The van der Waals surface area contributed by atoms with Crippen molar-refractivity contribution in [2.24, 2.45) is 5.92 Å². The van der Waals surface area contributed by atoms with Crippen molar-refractivity contribution in [1.29, 1.82) is 0 Å². The minimum absolute atomic E-state index is 0.0658. The van der Waals surface area contributed by atoms with Gasteiger partial charge in [0.25, 0.3) is 0 Å². The van der Waals surface area contributed by atoms with Crippen molar-refractivity contribution in [3.8, 4) is 0 Å². The number of anilines is 1. The van der Waals surface area contributed by atoms with Crippen LogP contribution in [0.4, 0.5) is 5.69 Å². The van der Waals surface area contributed by atoms with E-state index in [2.05, 4.69) is 5.32 Å². The molecule has 1 N–H and O–H groups in total. The molecule has 2 rings (SSSR count). The molecule has 1 fully saturated rings. The molecule has 0 radical (unpaired) electrons. The largest absolute Gasteiger partial charge is 0.466 e. The first kappa shape index (κ1) is 21.9. The molecule has 1 saturated heterocycles. The smallest absolute Gasteiger partial charge is 0.338 e. The first-order chi connectivity index (χ1) is 13.5. The van der Waals surface area contributed by atoms with Crippen LogP contribution in [0.25, 0.3) is 0 Å². The maximum absolute atomic E-state index is 12.3. The van der Waals surface area contributed by atoms with Gasteiger partial charge in [-0.1, -0.05) is 13.3 Å². The van der Waals surface area contributed by atoms with Crippen LogP contribution >= 0.6 is 0 Å². The van der Waals surface area contributed by atoms with Gasteiger partial charge in [0, 0.05) is 5.69 Å². The number of rotatable bonds is 9. The Labute approximate surface area is 166 Å². The molecule has 7 heteroatoms. The number of benzene rings is 1. The number of ether oxygens (including phenoxy) is 2. The van der Waals surface area contributed by atoms with E-state index in [1.807, 2.05) is 11.8 Å². The lowest BCUT2D eigenvalue weighted by Gasteiger charge is -2.30. The molecule has 1 aromatic rings. The van der Waals surface area contributed by atoms with E-state index in [1.165, 1.54) is 0 Å². The summed E-state index contributed by atoms with van der Waals surface area (Å²) in [5.41, 5.74) is 1.10. The summed E-state index contributed by atoms with van der Waals surface area (Å²) in [6.07, 6.45) is 3.23. The van der Waals surface area contributed by atoms with Gasteiger partial charge < -0.3 is 14.8 Å². The number of nitrogens with one attached hydrogen (secondary N) is 1. The van der Waals surface area contributed by atoms with Crippen LogP contribution in [0.5, 0.6) is 0 Å². The standard InChI is InChI=1S/C21H30N2O5/c1-3-5-14-28-21(26)16-6-8-18(9-7-16)22-19(24)15-23-12-10-17(11-13-23)20(25)27-4-2/h6-9,17H,3-5,10-15H2,1-2H3,(H,22,24). The topological polar surface area (TPSA) is 84.9 Å². The van der Waals surface area contributed by atoms with Crippen molar-refractivity contribution in [3.05, 3.63) is 29.8 Å². The van der Waals surface area contributed by atoms with Crippen LogP contribution in [0, 0.1) is 5.92 Å². The van der Waals surface area contributed by atoms with Gasteiger partial charge in [0.1, 0.15) is 0 Å². The average Bonchev–Trinajstić information content (AvgIpc) is 2.69. The second-order valence-electron chi connectivity index (χ2n) is 6.92. The van der Waals surface area contributed by atoms with E-state index in [4.69, 9.17) is 9.47 Å². The Morgan fingerprint density at radius 1 is 1.07 bits per heavy atom. The normalized spacial score (nSPS) is 15.1. The molecule has 1 aliphatic heterocycles.